The second kappa shape index (κ2) is 3.78. The zero-order chi connectivity index (χ0) is 11.1. The third kappa shape index (κ3) is 2.03. The van der Waals surface area contributed by atoms with Gasteiger partial charge in [-0.2, -0.15) is 0 Å². The van der Waals surface area contributed by atoms with Gasteiger partial charge in [0.2, 0.25) is 0 Å². The van der Waals surface area contributed by atoms with Crippen molar-refractivity contribution in [3.05, 3.63) is 34.3 Å². The number of aliphatic hydroxyl groups is 1. The minimum Gasteiger partial charge on any atom is -0.387 e. The van der Waals surface area contributed by atoms with Gasteiger partial charge in [-0.05, 0) is 23.3 Å². The second-order valence-electron chi connectivity index (χ2n) is 4.76. The summed E-state index contributed by atoms with van der Waals surface area (Å²) in [4.78, 5) is 0. The predicted molar refractivity (Wildman–Crippen MR) is 62.3 cm³/mol. The van der Waals surface area contributed by atoms with Crippen LogP contribution >= 0.6 is 11.6 Å². The molecule has 2 nitrogen and oxygen atoms in total. The molecule has 1 heterocycles. The first-order chi connectivity index (χ1) is 7.00. The average molecular weight is 226 g/mol. The van der Waals surface area contributed by atoms with Crippen molar-refractivity contribution in [2.24, 2.45) is 0 Å². The van der Waals surface area contributed by atoms with Crippen molar-refractivity contribution in [1.82, 2.24) is 5.32 Å². The first-order valence-electron chi connectivity index (χ1n) is 5.19. The van der Waals surface area contributed by atoms with Crippen LogP contribution in [0.25, 0.3) is 0 Å². The van der Waals surface area contributed by atoms with Gasteiger partial charge in [-0.3, -0.25) is 0 Å². The third-order valence-electron chi connectivity index (χ3n) is 3.01. The van der Waals surface area contributed by atoms with Crippen LogP contribution in [0.4, 0.5) is 0 Å². The van der Waals surface area contributed by atoms with E-state index in [1.54, 1.807) is 0 Å². The molecule has 0 aliphatic carbocycles. The Morgan fingerprint density at radius 3 is 2.93 bits per heavy atom. The molecule has 1 aliphatic rings. The lowest BCUT2D eigenvalue weighted by atomic mass is 9.81. The Labute approximate surface area is 95.3 Å². The van der Waals surface area contributed by atoms with Crippen LogP contribution in [-0.4, -0.2) is 18.2 Å². The van der Waals surface area contributed by atoms with Crippen molar-refractivity contribution in [3.63, 3.8) is 0 Å². The van der Waals surface area contributed by atoms with E-state index >= 15 is 0 Å². The van der Waals surface area contributed by atoms with Gasteiger partial charge in [-0.1, -0.05) is 31.5 Å². The molecule has 0 radical (unpaired) electrons. The maximum atomic E-state index is 9.98. The summed E-state index contributed by atoms with van der Waals surface area (Å²) in [6.07, 6.45) is -0.458. The van der Waals surface area contributed by atoms with Crippen LogP contribution < -0.4 is 5.32 Å². The maximum Gasteiger partial charge on any atom is 0.0917 e. The van der Waals surface area contributed by atoms with Crippen molar-refractivity contribution in [1.29, 1.82) is 0 Å². The van der Waals surface area contributed by atoms with Crippen LogP contribution in [0.2, 0.25) is 5.02 Å². The normalized spacial score (nSPS) is 24.4. The Morgan fingerprint density at radius 2 is 2.20 bits per heavy atom. The number of nitrogens with one attached hydrogen (secondary N) is 1. The van der Waals surface area contributed by atoms with Crippen LogP contribution in [0.1, 0.15) is 31.1 Å². The Morgan fingerprint density at radius 1 is 1.47 bits per heavy atom. The topological polar surface area (TPSA) is 32.3 Å². The summed E-state index contributed by atoms with van der Waals surface area (Å²) in [5, 5.41) is 13.9. The number of β-amino-alcohol motifs (C(OH)–C–C–N with tert-alkyl or cyclic N) is 1. The molecule has 1 aromatic rings. The van der Waals surface area contributed by atoms with E-state index in [-0.39, 0.29) is 5.41 Å². The van der Waals surface area contributed by atoms with E-state index in [0.29, 0.717) is 11.6 Å². The largest absolute Gasteiger partial charge is 0.387 e. The molecule has 2 rings (SSSR count). The van der Waals surface area contributed by atoms with Crippen LogP contribution in [0, 0.1) is 0 Å². The van der Waals surface area contributed by atoms with Gasteiger partial charge in [0.25, 0.3) is 0 Å². The number of aliphatic hydroxyl groups excluding tert-OH is 1. The van der Waals surface area contributed by atoms with Gasteiger partial charge in [0.1, 0.15) is 0 Å². The molecule has 1 aromatic carbocycles. The highest BCUT2D eigenvalue weighted by Gasteiger charge is 2.29. The van der Waals surface area contributed by atoms with Crippen molar-refractivity contribution < 1.29 is 5.11 Å². The predicted octanol–water partition coefficient (Wildman–Crippen LogP) is 2.25. The maximum absolute atomic E-state index is 9.98. The van der Waals surface area contributed by atoms with E-state index in [1.807, 2.05) is 18.2 Å². The van der Waals surface area contributed by atoms with E-state index in [9.17, 15) is 5.11 Å². The molecule has 0 saturated carbocycles. The number of hydrogen-bond donors (Lipinski definition) is 2. The van der Waals surface area contributed by atoms with Crippen LogP contribution in [-0.2, 0) is 5.41 Å². The van der Waals surface area contributed by atoms with Crippen LogP contribution in [0.15, 0.2) is 18.2 Å². The number of fused-ring (bicyclic) bond motifs is 1. The highest BCUT2D eigenvalue weighted by atomic mass is 35.5. The summed E-state index contributed by atoms with van der Waals surface area (Å²) in [6, 6.07) is 5.78. The molecule has 1 aliphatic heterocycles. The van der Waals surface area contributed by atoms with Gasteiger partial charge in [0, 0.05) is 23.5 Å². The standard InChI is InChI=1S/C12H16ClNO/c1-12(2)7-14-6-11(15)9-5-8(13)3-4-10(9)12/h3-5,11,14-15H,6-7H2,1-2H3. The lowest BCUT2D eigenvalue weighted by Gasteiger charge is -2.25. The molecular weight excluding hydrogens is 210 g/mol. The van der Waals surface area contributed by atoms with E-state index < -0.39 is 6.10 Å². The SMILES string of the molecule is CC1(C)CNCC(O)c2cc(Cl)ccc21. The van der Waals surface area contributed by atoms with Gasteiger partial charge >= 0.3 is 0 Å². The summed E-state index contributed by atoms with van der Waals surface area (Å²) in [7, 11) is 0. The monoisotopic (exact) mass is 225 g/mol. The molecule has 0 amide bonds. The fourth-order valence-corrected chi connectivity index (χ4v) is 2.33. The Bertz CT molecular complexity index is 376. The summed E-state index contributed by atoms with van der Waals surface area (Å²) >= 11 is 5.96. The van der Waals surface area contributed by atoms with Gasteiger partial charge in [-0.15, -0.1) is 0 Å². The van der Waals surface area contributed by atoms with E-state index in [0.717, 1.165) is 12.1 Å². The molecule has 0 aromatic heterocycles. The second-order valence-corrected chi connectivity index (χ2v) is 5.20. The molecule has 2 N–H and O–H groups in total. The van der Waals surface area contributed by atoms with Crippen LogP contribution in [0.3, 0.4) is 0 Å². The van der Waals surface area contributed by atoms with Crippen molar-refractivity contribution >= 4 is 11.6 Å². The zero-order valence-corrected chi connectivity index (χ0v) is 9.80. The molecule has 1 atom stereocenters. The number of halogens is 1. The van der Waals surface area contributed by atoms with Crippen molar-refractivity contribution in [2.75, 3.05) is 13.1 Å². The molecule has 0 bridgehead atoms. The zero-order valence-electron chi connectivity index (χ0n) is 9.05. The fourth-order valence-electron chi connectivity index (χ4n) is 2.15. The first-order valence-corrected chi connectivity index (χ1v) is 5.57. The quantitative estimate of drug-likeness (QED) is 0.710. The van der Waals surface area contributed by atoms with E-state index in [1.165, 1.54) is 5.56 Å². The third-order valence-corrected chi connectivity index (χ3v) is 3.24. The number of rotatable bonds is 0. The lowest BCUT2D eigenvalue weighted by molar-refractivity contribution is 0.178. The number of hydrogen-bond acceptors (Lipinski definition) is 2. The Kier molecular flexibility index (Phi) is 2.75. The molecular formula is C12H16ClNO. The summed E-state index contributed by atoms with van der Waals surface area (Å²) in [5.74, 6) is 0. The molecule has 15 heavy (non-hydrogen) atoms. The molecule has 3 heteroatoms. The van der Waals surface area contributed by atoms with Gasteiger partial charge < -0.3 is 10.4 Å². The highest BCUT2D eigenvalue weighted by molar-refractivity contribution is 6.30. The van der Waals surface area contributed by atoms with E-state index in [4.69, 9.17) is 11.6 Å². The molecule has 82 valence electrons. The van der Waals surface area contributed by atoms with Gasteiger partial charge in [-0.25, -0.2) is 0 Å². The van der Waals surface area contributed by atoms with Crippen LogP contribution in [0.5, 0.6) is 0 Å². The minimum atomic E-state index is -0.458. The number of benzene rings is 1. The summed E-state index contributed by atoms with van der Waals surface area (Å²) in [5.41, 5.74) is 2.18. The summed E-state index contributed by atoms with van der Waals surface area (Å²) < 4.78 is 0. The van der Waals surface area contributed by atoms with E-state index in [2.05, 4.69) is 19.2 Å². The smallest absolute Gasteiger partial charge is 0.0917 e. The first kappa shape index (κ1) is 10.9. The lowest BCUT2D eigenvalue weighted by Crippen LogP contribution is -2.31. The minimum absolute atomic E-state index is 0.0391. The van der Waals surface area contributed by atoms with Crippen molar-refractivity contribution in [2.45, 2.75) is 25.4 Å². The molecule has 0 fully saturated rings. The molecule has 1 unspecified atom stereocenters. The van der Waals surface area contributed by atoms with Crippen molar-refractivity contribution in [3.8, 4) is 0 Å². The molecule has 0 saturated heterocycles. The van der Waals surface area contributed by atoms with Gasteiger partial charge in [0.05, 0.1) is 6.10 Å². The average Bonchev–Trinajstić information content (AvgIpc) is 2.25. The van der Waals surface area contributed by atoms with Gasteiger partial charge in [0.15, 0.2) is 0 Å². The molecule has 0 spiro atoms. The highest BCUT2D eigenvalue weighted by Crippen LogP contribution is 2.33. The fraction of sp³-hybridized carbons (Fsp3) is 0.500. The summed E-state index contributed by atoms with van der Waals surface area (Å²) in [6.45, 7) is 5.81. The Balaban J connectivity index is 2.56. The Hall–Kier alpha value is -0.570.